The van der Waals surface area contributed by atoms with Gasteiger partial charge < -0.3 is 21.3 Å². The van der Waals surface area contributed by atoms with Crippen molar-refractivity contribution in [2.45, 2.75) is 45.1 Å². The van der Waals surface area contributed by atoms with Crippen molar-refractivity contribution in [2.75, 3.05) is 23.7 Å². The first-order valence-electron chi connectivity index (χ1n) is 8.12. The summed E-state index contributed by atoms with van der Waals surface area (Å²) in [6.45, 7) is 4.92. The van der Waals surface area contributed by atoms with Gasteiger partial charge in [-0.3, -0.25) is 4.79 Å². The molecule has 0 saturated carbocycles. The third kappa shape index (κ3) is 5.25. The largest absolute Gasteiger partial charge is 0.325 e. The number of nitrogens with one attached hydrogen (secondary N) is 2. The molecular formula is C17H26N4O2. The molecule has 1 aliphatic heterocycles. The number of anilines is 2. The number of nitrogens with two attached hydrogens (primary N) is 1. The maximum atomic E-state index is 12.2. The van der Waals surface area contributed by atoms with Crippen molar-refractivity contribution in [2.24, 2.45) is 5.73 Å². The molecule has 4 N–H and O–H groups in total. The number of urea groups is 1. The highest BCUT2D eigenvalue weighted by atomic mass is 16.2. The van der Waals surface area contributed by atoms with Gasteiger partial charge in [0.05, 0.1) is 5.54 Å². The first-order chi connectivity index (χ1) is 10.9. The molecule has 23 heavy (non-hydrogen) atoms. The zero-order valence-electron chi connectivity index (χ0n) is 13.9. The van der Waals surface area contributed by atoms with Gasteiger partial charge in [0, 0.05) is 24.5 Å². The second-order valence-corrected chi connectivity index (χ2v) is 6.58. The van der Waals surface area contributed by atoms with Gasteiger partial charge in [-0.15, -0.1) is 0 Å². The standard InChI is InChI=1S/C17H26N4O2/c1-17(2,18)15(22)19-13-7-9-14(10-8-13)20-16(23)21-11-5-3-4-6-12-21/h7-10H,3-6,11-12,18H2,1-2H3,(H,19,22)(H,20,23). The van der Waals surface area contributed by atoms with Gasteiger partial charge in [-0.05, 0) is 51.0 Å². The molecule has 0 spiro atoms. The van der Waals surface area contributed by atoms with Crippen LogP contribution >= 0.6 is 0 Å². The molecule has 0 aliphatic carbocycles. The lowest BCUT2D eigenvalue weighted by atomic mass is 10.1. The van der Waals surface area contributed by atoms with Gasteiger partial charge in [0.15, 0.2) is 0 Å². The molecule has 6 nitrogen and oxygen atoms in total. The van der Waals surface area contributed by atoms with E-state index in [1.54, 1.807) is 38.1 Å². The van der Waals surface area contributed by atoms with E-state index in [2.05, 4.69) is 10.6 Å². The Morgan fingerprint density at radius 2 is 1.43 bits per heavy atom. The van der Waals surface area contributed by atoms with Crippen molar-refractivity contribution in [3.05, 3.63) is 24.3 Å². The number of nitrogens with zero attached hydrogens (tertiary/aromatic N) is 1. The van der Waals surface area contributed by atoms with E-state index in [9.17, 15) is 9.59 Å². The number of benzene rings is 1. The van der Waals surface area contributed by atoms with Crippen LogP contribution in [0.3, 0.4) is 0 Å². The summed E-state index contributed by atoms with van der Waals surface area (Å²) in [4.78, 5) is 25.9. The van der Waals surface area contributed by atoms with E-state index in [1.807, 2.05) is 4.90 Å². The van der Waals surface area contributed by atoms with Gasteiger partial charge >= 0.3 is 6.03 Å². The molecule has 2 rings (SSSR count). The minimum atomic E-state index is -0.931. The zero-order valence-corrected chi connectivity index (χ0v) is 13.9. The van der Waals surface area contributed by atoms with Crippen molar-refractivity contribution in [1.82, 2.24) is 4.90 Å². The minimum Gasteiger partial charge on any atom is -0.325 e. The van der Waals surface area contributed by atoms with E-state index in [-0.39, 0.29) is 11.9 Å². The molecule has 1 heterocycles. The van der Waals surface area contributed by atoms with Crippen molar-refractivity contribution >= 4 is 23.3 Å². The summed E-state index contributed by atoms with van der Waals surface area (Å²) in [5.41, 5.74) is 6.18. The fraction of sp³-hybridized carbons (Fsp3) is 0.529. The molecule has 0 aromatic heterocycles. The Morgan fingerprint density at radius 3 is 1.91 bits per heavy atom. The van der Waals surface area contributed by atoms with E-state index < -0.39 is 5.54 Å². The highest BCUT2D eigenvalue weighted by Crippen LogP contribution is 2.16. The monoisotopic (exact) mass is 318 g/mol. The van der Waals surface area contributed by atoms with Crippen LogP contribution in [0.1, 0.15) is 39.5 Å². The normalized spacial score (nSPS) is 15.7. The lowest BCUT2D eigenvalue weighted by molar-refractivity contribution is -0.120. The number of rotatable bonds is 3. The Hall–Kier alpha value is -2.08. The highest BCUT2D eigenvalue weighted by Gasteiger charge is 2.21. The van der Waals surface area contributed by atoms with Crippen molar-refractivity contribution < 1.29 is 9.59 Å². The van der Waals surface area contributed by atoms with Gasteiger partial charge in [0.1, 0.15) is 0 Å². The van der Waals surface area contributed by atoms with Crippen LogP contribution in [0, 0.1) is 0 Å². The second kappa shape index (κ2) is 7.46. The third-order valence-electron chi connectivity index (χ3n) is 3.87. The Kier molecular flexibility index (Phi) is 5.60. The number of hydrogen-bond donors (Lipinski definition) is 3. The van der Waals surface area contributed by atoms with Gasteiger partial charge in [-0.25, -0.2) is 4.79 Å². The summed E-state index contributed by atoms with van der Waals surface area (Å²) in [5.74, 6) is -0.251. The summed E-state index contributed by atoms with van der Waals surface area (Å²) in [6.07, 6.45) is 4.51. The van der Waals surface area contributed by atoms with Gasteiger partial charge in [0.25, 0.3) is 0 Å². The van der Waals surface area contributed by atoms with E-state index in [4.69, 9.17) is 5.73 Å². The first-order valence-corrected chi connectivity index (χ1v) is 8.12. The molecule has 126 valence electrons. The van der Waals surface area contributed by atoms with Crippen LogP contribution in [0.4, 0.5) is 16.2 Å². The quantitative estimate of drug-likeness (QED) is 0.801. The average molecular weight is 318 g/mol. The molecule has 6 heteroatoms. The molecule has 0 unspecified atom stereocenters. The lowest BCUT2D eigenvalue weighted by Gasteiger charge is -2.21. The van der Waals surface area contributed by atoms with E-state index in [0.717, 1.165) is 25.9 Å². The van der Waals surface area contributed by atoms with Crippen LogP contribution in [0.2, 0.25) is 0 Å². The summed E-state index contributed by atoms with van der Waals surface area (Å²) < 4.78 is 0. The van der Waals surface area contributed by atoms with Crippen molar-refractivity contribution in [3.8, 4) is 0 Å². The number of likely N-dealkylation sites (tertiary alicyclic amines) is 1. The fourth-order valence-electron chi connectivity index (χ4n) is 2.41. The van der Waals surface area contributed by atoms with E-state index in [0.29, 0.717) is 11.4 Å². The Labute approximate surface area is 137 Å². The molecular weight excluding hydrogens is 292 g/mol. The molecule has 0 bridgehead atoms. The molecule has 0 atom stereocenters. The summed E-state index contributed by atoms with van der Waals surface area (Å²) >= 11 is 0. The topological polar surface area (TPSA) is 87.5 Å². The number of carbonyl (C=O) groups excluding carboxylic acids is 2. The SMILES string of the molecule is CC(C)(N)C(=O)Nc1ccc(NC(=O)N2CCCCCC2)cc1. The molecule has 1 aromatic rings. The van der Waals surface area contributed by atoms with Crippen molar-refractivity contribution in [1.29, 1.82) is 0 Å². The predicted molar refractivity (Wildman–Crippen MR) is 92.4 cm³/mol. The number of amides is 3. The predicted octanol–water partition coefficient (Wildman–Crippen LogP) is 2.77. The number of hydrogen-bond acceptors (Lipinski definition) is 3. The third-order valence-corrected chi connectivity index (χ3v) is 3.87. The van der Waals surface area contributed by atoms with Crippen LogP contribution in [0.5, 0.6) is 0 Å². The Balaban J connectivity index is 1.91. The highest BCUT2D eigenvalue weighted by molar-refractivity contribution is 5.97. The Bertz CT molecular complexity index is 541. The maximum Gasteiger partial charge on any atom is 0.321 e. The van der Waals surface area contributed by atoms with Crippen LogP contribution in [0.25, 0.3) is 0 Å². The summed E-state index contributed by atoms with van der Waals surface area (Å²) in [7, 11) is 0. The van der Waals surface area contributed by atoms with Crippen LogP contribution in [0.15, 0.2) is 24.3 Å². The van der Waals surface area contributed by atoms with Crippen LogP contribution in [-0.2, 0) is 4.79 Å². The fourth-order valence-corrected chi connectivity index (χ4v) is 2.41. The molecule has 1 aromatic carbocycles. The average Bonchev–Trinajstić information content (AvgIpc) is 2.77. The van der Waals surface area contributed by atoms with E-state index in [1.165, 1.54) is 12.8 Å². The Morgan fingerprint density at radius 1 is 0.957 bits per heavy atom. The molecule has 1 fully saturated rings. The van der Waals surface area contributed by atoms with Crippen molar-refractivity contribution in [3.63, 3.8) is 0 Å². The molecule has 1 aliphatic rings. The van der Waals surface area contributed by atoms with Crippen LogP contribution in [-0.4, -0.2) is 35.5 Å². The van der Waals surface area contributed by atoms with Gasteiger partial charge in [-0.1, -0.05) is 12.8 Å². The summed E-state index contributed by atoms with van der Waals surface area (Å²) in [5, 5.41) is 5.65. The maximum absolute atomic E-state index is 12.2. The number of carbonyl (C=O) groups is 2. The minimum absolute atomic E-state index is 0.0632. The molecule has 3 amide bonds. The first kappa shape index (κ1) is 17.3. The van der Waals surface area contributed by atoms with Gasteiger partial charge in [-0.2, -0.15) is 0 Å². The smallest absolute Gasteiger partial charge is 0.321 e. The summed E-state index contributed by atoms with van der Waals surface area (Å²) in [6, 6.07) is 6.99. The second-order valence-electron chi connectivity index (χ2n) is 6.58. The zero-order chi connectivity index (χ0) is 16.9. The molecule has 1 saturated heterocycles. The van der Waals surface area contributed by atoms with Crippen LogP contribution < -0.4 is 16.4 Å². The van der Waals surface area contributed by atoms with Gasteiger partial charge in [0.2, 0.25) is 5.91 Å². The molecule has 0 radical (unpaired) electrons. The lowest BCUT2D eigenvalue weighted by Crippen LogP contribution is -2.45. The van der Waals surface area contributed by atoms with E-state index >= 15 is 0 Å².